The lowest BCUT2D eigenvalue weighted by molar-refractivity contribution is -0.110. The smallest absolute Gasteiger partial charge is 0.256 e. The number of nitrogens with one attached hydrogen (secondary N) is 2. The number of fused-ring (bicyclic) bond motifs is 1. The summed E-state index contributed by atoms with van der Waals surface area (Å²) in [6, 6.07) is 2.85. The molecule has 160 valence electrons. The van der Waals surface area contributed by atoms with E-state index in [0.717, 1.165) is 31.8 Å². The maximum atomic E-state index is 14.2. The third kappa shape index (κ3) is 4.23. The third-order valence-electron chi connectivity index (χ3n) is 5.51. The van der Waals surface area contributed by atoms with E-state index in [9.17, 15) is 13.6 Å². The fraction of sp³-hybridized carbons (Fsp3) is 0.455. The summed E-state index contributed by atoms with van der Waals surface area (Å²) in [6.07, 6.45) is 5.09. The molecule has 0 unspecified atom stereocenters. The average Bonchev–Trinajstić information content (AvgIpc) is 3.28. The molecule has 1 saturated heterocycles. The number of rotatable bonds is 6. The number of ether oxygens (including phenoxy) is 1. The van der Waals surface area contributed by atoms with E-state index in [1.807, 2.05) is 13.8 Å². The zero-order valence-corrected chi connectivity index (χ0v) is 17.2. The Morgan fingerprint density at radius 3 is 2.80 bits per heavy atom. The Kier molecular flexibility index (Phi) is 5.85. The highest BCUT2D eigenvalue weighted by molar-refractivity contribution is 6.34. The van der Waals surface area contributed by atoms with Crippen molar-refractivity contribution in [2.45, 2.75) is 38.7 Å². The van der Waals surface area contributed by atoms with E-state index in [-0.39, 0.29) is 30.4 Å². The number of hydrogen-bond donors (Lipinski definition) is 2. The number of carbonyl (C=O) groups is 1. The lowest BCUT2D eigenvalue weighted by Crippen LogP contribution is -2.34. The topological polar surface area (TPSA) is 70.2 Å². The SMILES string of the molecule is CC(C)Oc1cc2c(cc1F)NC(=O)C2=Cc1cnc(C2CCN(CCF)CC2)[nH]1. The molecule has 1 amide bonds. The molecule has 8 heteroatoms. The minimum absolute atomic E-state index is 0.122. The molecule has 2 N–H and O–H groups in total. The van der Waals surface area contributed by atoms with Crippen molar-refractivity contribution in [3.05, 3.63) is 41.2 Å². The van der Waals surface area contributed by atoms with E-state index < -0.39 is 5.82 Å². The Bertz CT molecular complexity index is 962. The minimum atomic E-state index is -0.507. The van der Waals surface area contributed by atoms with Gasteiger partial charge in [-0.25, -0.2) is 13.8 Å². The van der Waals surface area contributed by atoms with Crippen LogP contribution >= 0.6 is 0 Å². The van der Waals surface area contributed by atoms with E-state index in [2.05, 4.69) is 20.2 Å². The fourth-order valence-electron chi connectivity index (χ4n) is 4.02. The number of anilines is 1. The first-order chi connectivity index (χ1) is 14.4. The van der Waals surface area contributed by atoms with Crippen LogP contribution in [0.3, 0.4) is 0 Å². The number of hydrogen-bond acceptors (Lipinski definition) is 4. The van der Waals surface area contributed by atoms with Crippen LogP contribution in [0, 0.1) is 5.82 Å². The highest BCUT2D eigenvalue weighted by Gasteiger charge is 2.27. The van der Waals surface area contributed by atoms with Gasteiger partial charge >= 0.3 is 0 Å². The van der Waals surface area contributed by atoms with Crippen molar-refractivity contribution in [2.24, 2.45) is 0 Å². The molecular formula is C22H26F2N4O2. The lowest BCUT2D eigenvalue weighted by Gasteiger charge is -2.30. The molecule has 0 atom stereocenters. The Morgan fingerprint density at radius 2 is 2.10 bits per heavy atom. The van der Waals surface area contributed by atoms with Crippen LogP contribution in [0.15, 0.2) is 18.3 Å². The monoisotopic (exact) mass is 416 g/mol. The van der Waals surface area contributed by atoms with Gasteiger partial charge in [-0.2, -0.15) is 0 Å². The number of halogens is 2. The summed E-state index contributed by atoms with van der Waals surface area (Å²) >= 11 is 0. The van der Waals surface area contributed by atoms with E-state index in [4.69, 9.17) is 4.74 Å². The zero-order valence-electron chi connectivity index (χ0n) is 17.2. The molecule has 2 aliphatic rings. The summed E-state index contributed by atoms with van der Waals surface area (Å²) in [4.78, 5) is 22.4. The number of benzene rings is 1. The summed E-state index contributed by atoms with van der Waals surface area (Å²) in [7, 11) is 0. The molecular weight excluding hydrogens is 390 g/mol. The van der Waals surface area contributed by atoms with Gasteiger partial charge in [0.25, 0.3) is 5.91 Å². The van der Waals surface area contributed by atoms with Gasteiger partial charge in [-0.1, -0.05) is 0 Å². The zero-order chi connectivity index (χ0) is 21.3. The molecule has 2 aliphatic heterocycles. The number of alkyl halides is 1. The first kappa shape index (κ1) is 20.5. The first-order valence-electron chi connectivity index (χ1n) is 10.3. The largest absolute Gasteiger partial charge is 0.488 e. The third-order valence-corrected chi connectivity index (χ3v) is 5.51. The maximum Gasteiger partial charge on any atom is 0.256 e. The van der Waals surface area contributed by atoms with Crippen LogP contribution in [0.2, 0.25) is 0 Å². The van der Waals surface area contributed by atoms with E-state index in [1.54, 1.807) is 18.3 Å². The van der Waals surface area contributed by atoms with Gasteiger partial charge in [0.05, 0.1) is 29.3 Å². The van der Waals surface area contributed by atoms with Crippen molar-refractivity contribution in [3.8, 4) is 5.75 Å². The van der Waals surface area contributed by atoms with E-state index in [1.165, 1.54) is 6.07 Å². The number of H-pyrrole nitrogens is 1. The van der Waals surface area contributed by atoms with Crippen LogP contribution < -0.4 is 10.1 Å². The van der Waals surface area contributed by atoms with Crippen LogP contribution in [0.5, 0.6) is 5.75 Å². The molecule has 1 fully saturated rings. The quantitative estimate of drug-likeness (QED) is 0.699. The fourth-order valence-corrected chi connectivity index (χ4v) is 4.02. The van der Waals surface area contributed by atoms with Crippen LogP contribution in [-0.4, -0.2) is 53.2 Å². The average molecular weight is 416 g/mol. The predicted molar refractivity (Wildman–Crippen MR) is 112 cm³/mol. The van der Waals surface area contributed by atoms with Crippen LogP contribution in [-0.2, 0) is 4.79 Å². The van der Waals surface area contributed by atoms with E-state index in [0.29, 0.717) is 29.1 Å². The molecule has 6 nitrogen and oxygen atoms in total. The van der Waals surface area contributed by atoms with Gasteiger partial charge in [-0.05, 0) is 51.9 Å². The predicted octanol–water partition coefficient (Wildman–Crippen LogP) is 3.98. The van der Waals surface area contributed by atoms with Crippen LogP contribution in [0.4, 0.5) is 14.5 Å². The lowest BCUT2D eigenvalue weighted by atomic mass is 9.96. The first-order valence-corrected chi connectivity index (χ1v) is 10.3. The number of likely N-dealkylation sites (tertiary alicyclic amines) is 1. The minimum Gasteiger partial charge on any atom is -0.488 e. The standard InChI is InChI=1S/C22H26F2N4O2/c1-13(2)30-20-10-16-17(22(29)27-19(16)11-18(20)24)9-15-12-25-21(26-15)14-3-6-28(7-4-14)8-5-23/h9-14H,3-8H2,1-2H3,(H,25,26)(H,27,29). The van der Waals surface area contributed by atoms with Gasteiger partial charge in [0.2, 0.25) is 0 Å². The normalized spacial score (nSPS) is 18.8. The highest BCUT2D eigenvalue weighted by Crippen LogP contribution is 2.37. The van der Waals surface area contributed by atoms with Crippen molar-refractivity contribution in [1.82, 2.24) is 14.9 Å². The van der Waals surface area contributed by atoms with Crippen molar-refractivity contribution in [1.29, 1.82) is 0 Å². The summed E-state index contributed by atoms with van der Waals surface area (Å²) in [5.41, 5.74) is 2.18. The molecule has 1 aromatic carbocycles. The number of amides is 1. The molecule has 0 bridgehead atoms. The van der Waals surface area contributed by atoms with Crippen molar-refractivity contribution in [2.75, 3.05) is 31.6 Å². The Morgan fingerprint density at radius 1 is 1.33 bits per heavy atom. The summed E-state index contributed by atoms with van der Waals surface area (Å²) in [5, 5.41) is 2.70. The molecule has 2 aromatic rings. The molecule has 0 spiro atoms. The van der Waals surface area contributed by atoms with E-state index >= 15 is 0 Å². The van der Waals surface area contributed by atoms with Gasteiger partial charge in [0.1, 0.15) is 12.5 Å². The van der Waals surface area contributed by atoms with Crippen LogP contribution in [0.25, 0.3) is 11.6 Å². The second-order valence-corrected chi connectivity index (χ2v) is 8.04. The highest BCUT2D eigenvalue weighted by atomic mass is 19.1. The Balaban J connectivity index is 1.55. The van der Waals surface area contributed by atoms with Gasteiger partial charge in [-0.3, -0.25) is 4.79 Å². The van der Waals surface area contributed by atoms with Gasteiger partial charge < -0.3 is 19.9 Å². The second kappa shape index (κ2) is 8.55. The van der Waals surface area contributed by atoms with Gasteiger partial charge in [0, 0.05) is 24.1 Å². The van der Waals surface area contributed by atoms with Gasteiger partial charge in [0.15, 0.2) is 11.6 Å². The number of aromatic amines is 1. The molecule has 30 heavy (non-hydrogen) atoms. The number of nitrogens with zero attached hydrogens (tertiary/aromatic N) is 2. The molecule has 0 aliphatic carbocycles. The summed E-state index contributed by atoms with van der Waals surface area (Å²) in [5.74, 6) is 0.492. The molecule has 0 saturated carbocycles. The molecule has 1 aromatic heterocycles. The van der Waals surface area contributed by atoms with Crippen molar-refractivity contribution >= 4 is 23.2 Å². The van der Waals surface area contributed by atoms with Crippen LogP contribution in [0.1, 0.15) is 49.7 Å². The number of carbonyl (C=O) groups excluding carboxylic acids is 1. The number of piperidine rings is 1. The molecule has 3 heterocycles. The maximum absolute atomic E-state index is 14.2. The Hall–Kier alpha value is -2.74. The molecule has 0 radical (unpaired) electrons. The Labute approximate surface area is 174 Å². The van der Waals surface area contributed by atoms with Crippen molar-refractivity contribution < 1.29 is 18.3 Å². The number of aromatic nitrogens is 2. The second-order valence-electron chi connectivity index (χ2n) is 8.04. The van der Waals surface area contributed by atoms with Crippen molar-refractivity contribution in [3.63, 3.8) is 0 Å². The number of imidazole rings is 1. The summed E-state index contributed by atoms with van der Waals surface area (Å²) < 4.78 is 32.3. The molecule has 4 rings (SSSR count). The summed E-state index contributed by atoms with van der Waals surface area (Å²) in [6.45, 7) is 5.51. The van der Waals surface area contributed by atoms with Gasteiger partial charge in [-0.15, -0.1) is 0 Å².